The Labute approximate surface area is 129 Å². The zero-order valence-electron chi connectivity index (χ0n) is 12.4. The highest BCUT2D eigenvalue weighted by atomic mass is 32.1. The van der Waals surface area contributed by atoms with Crippen LogP contribution in [0.5, 0.6) is 0 Å². The van der Waals surface area contributed by atoms with Gasteiger partial charge in [-0.2, -0.15) is 0 Å². The molecule has 0 spiro atoms. The first-order chi connectivity index (χ1) is 10.2. The van der Waals surface area contributed by atoms with Crippen molar-refractivity contribution in [1.82, 2.24) is 0 Å². The maximum absolute atomic E-state index is 5.43. The smallest absolute Gasteiger partial charge is 0.0358 e. The van der Waals surface area contributed by atoms with E-state index < -0.39 is 0 Å². The number of hydrogen-bond acceptors (Lipinski definition) is 2. The Morgan fingerprint density at radius 2 is 1.95 bits per heavy atom. The molecule has 2 heteroatoms. The molecule has 0 atom stereocenters. The molecule has 0 fully saturated rings. The van der Waals surface area contributed by atoms with Gasteiger partial charge in [0.25, 0.3) is 0 Å². The van der Waals surface area contributed by atoms with Crippen molar-refractivity contribution in [2.45, 2.75) is 20.3 Å². The topological polar surface area (TPSA) is 26.0 Å². The average Bonchev–Trinajstić information content (AvgIpc) is 2.82. The molecule has 0 aliphatic heterocycles. The van der Waals surface area contributed by atoms with E-state index in [0.29, 0.717) is 0 Å². The predicted molar refractivity (Wildman–Crippen MR) is 94.9 cm³/mol. The van der Waals surface area contributed by atoms with E-state index in [1.165, 1.54) is 36.9 Å². The van der Waals surface area contributed by atoms with E-state index in [2.05, 4.69) is 56.3 Å². The maximum atomic E-state index is 5.43. The summed E-state index contributed by atoms with van der Waals surface area (Å²) in [7, 11) is 0. The van der Waals surface area contributed by atoms with Gasteiger partial charge in [0.1, 0.15) is 0 Å². The molecule has 0 unspecified atom stereocenters. The second-order valence-corrected chi connectivity index (χ2v) is 6.47. The molecule has 0 amide bonds. The van der Waals surface area contributed by atoms with Crippen LogP contribution in [0.2, 0.25) is 0 Å². The van der Waals surface area contributed by atoms with Gasteiger partial charge in [-0.3, -0.25) is 0 Å². The van der Waals surface area contributed by atoms with E-state index in [1.807, 2.05) is 17.4 Å². The lowest BCUT2D eigenvalue weighted by Gasteiger charge is -2.04. The van der Waals surface area contributed by atoms with Crippen molar-refractivity contribution in [3.8, 4) is 0 Å². The summed E-state index contributed by atoms with van der Waals surface area (Å²) in [6.45, 7) is 4.28. The van der Waals surface area contributed by atoms with Crippen LogP contribution in [0, 0.1) is 6.92 Å². The third kappa shape index (κ3) is 2.72. The number of aryl methyl sites for hydroxylation is 1. The molecular formula is C19H19NS. The standard InChI is InChI=1S/C19H19NS/c1-13(9-10-20)7-8-15-12-17-16-5-3-4-6-18(16)21-19(17)11-14(15)2/h3-7,9-12H,8,20H2,1-2H3/b10-9-,13-7-. The Hall–Kier alpha value is -2.06. The van der Waals surface area contributed by atoms with Crippen molar-refractivity contribution in [1.29, 1.82) is 0 Å². The van der Waals surface area contributed by atoms with Gasteiger partial charge in [-0.05, 0) is 61.9 Å². The molecule has 3 aromatic rings. The summed E-state index contributed by atoms with van der Waals surface area (Å²) in [6.07, 6.45) is 6.70. The van der Waals surface area contributed by atoms with Crippen molar-refractivity contribution >= 4 is 31.5 Å². The third-order valence-corrected chi connectivity index (χ3v) is 4.97. The Balaban J connectivity index is 2.09. The van der Waals surface area contributed by atoms with Gasteiger partial charge in [-0.1, -0.05) is 29.8 Å². The van der Waals surface area contributed by atoms with Crippen LogP contribution in [0.1, 0.15) is 18.1 Å². The SMILES string of the molecule is CC(/C=C\N)=C/Cc1cc2c(cc1C)sc1ccccc12. The fourth-order valence-electron chi connectivity index (χ4n) is 2.63. The minimum Gasteiger partial charge on any atom is -0.405 e. The monoisotopic (exact) mass is 293 g/mol. The molecule has 2 aromatic carbocycles. The zero-order chi connectivity index (χ0) is 14.8. The average molecular weight is 293 g/mol. The van der Waals surface area contributed by atoms with E-state index in [9.17, 15) is 0 Å². The van der Waals surface area contributed by atoms with Gasteiger partial charge in [-0.25, -0.2) is 0 Å². The molecule has 2 N–H and O–H groups in total. The molecule has 3 rings (SSSR count). The van der Waals surface area contributed by atoms with E-state index in [4.69, 9.17) is 5.73 Å². The molecular weight excluding hydrogens is 274 g/mol. The van der Waals surface area contributed by atoms with Gasteiger partial charge >= 0.3 is 0 Å². The van der Waals surface area contributed by atoms with Crippen LogP contribution in [0.4, 0.5) is 0 Å². The Morgan fingerprint density at radius 3 is 2.76 bits per heavy atom. The molecule has 1 aromatic heterocycles. The number of fused-ring (bicyclic) bond motifs is 3. The lowest BCUT2D eigenvalue weighted by Crippen LogP contribution is -1.88. The van der Waals surface area contributed by atoms with Crippen molar-refractivity contribution < 1.29 is 0 Å². The van der Waals surface area contributed by atoms with Crippen molar-refractivity contribution in [2.24, 2.45) is 5.73 Å². The van der Waals surface area contributed by atoms with Gasteiger partial charge in [0.2, 0.25) is 0 Å². The van der Waals surface area contributed by atoms with E-state index >= 15 is 0 Å². The Bertz CT molecular complexity index is 853. The van der Waals surface area contributed by atoms with E-state index in [-0.39, 0.29) is 0 Å². The minimum absolute atomic E-state index is 0.947. The lowest BCUT2D eigenvalue weighted by molar-refractivity contribution is 1.21. The molecule has 0 radical (unpaired) electrons. The first-order valence-corrected chi connectivity index (χ1v) is 7.96. The molecule has 0 aliphatic carbocycles. The van der Waals surface area contributed by atoms with Crippen LogP contribution in [0.25, 0.3) is 20.2 Å². The van der Waals surface area contributed by atoms with Gasteiger partial charge in [0.15, 0.2) is 0 Å². The molecule has 1 nitrogen and oxygen atoms in total. The van der Waals surface area contributed by atoms with Gasteiger partial charge in [-0.15, -0.1) is 11.3 Å². The van der Waals surface area contributed by atoms with Crippen LogP contribution >= 0.6 is 11.3 Å². The first-order valence-electron chi connectivity index (χ1n) is 7.15. The highest BCUT2D eigenvalue weighted by Crippen LogP contribution is 2.35. The van der Waals surface area contributed by atoms with Gasteiger partial charge < -0.3 is 5.73 Å². The first kappa shape index (κ1) is 13.9. The molecule has 0 saturated carbocycles. The summed E-state index contributed by atoms with van der Waals surface area (Å²) < 4.78 is 2.74. The zero-order valence-corrected chi connectivity index (χ0v) is 13.2. The number of rotatable bonds is 3. The van der Waals surface area contributed by atoms with Crippen LogP contribution in [0.3, 0.4) is 0 Å². The Kier molecular flexibility index (Phi) is 3.80. The molecule has 106 valence electrons. The fourth-order valence-corrected chi connectivity index (χ4v) is 3.81. The van der Waals surface area contributed by atoms with Crippen LogP contribution < -0.4 is 5.73 Å². The Morgan fingerprint density at radius 1 is 1.14 bits per heavy atom. The maximum Gasteiger partial charge on any atom is 0.0358 e. The third-order valence-electron chi connectivity index (χ3n) is 3.84. The van der Waals surface area contributed by atoms with E-state index in [0.717, 1.165) is 6.42 Å². The molecule has 1 heterocycles. The summed E-state index contributed by atoms with van der Waals surface area (Å²) in [5, 5.41) is 2.73. The number of benzene rings is 2. The lowest BCUT2D eigenvalue weighted by atomic mass is 10.0. The van der Waals surface area contributed by atoms with E-state index in [1.54, 1.807) is 6.20 Å². The highest BCUT2D eigenvalue weighted by molar-refractivity contribution is 7.25. The largest absolute Gasteiger partial charge is 0.405 e. The quantitative estimate of drug-likeness (QED) is 0.649. The second-order valence-electron chi connectivity index (χ2n) is 5.38. The number of hydrogen-bond donors (Lipinski definition) is 1. The molecule has 0 aliphatic rings. The number of thiophene rings is 1. The van der Waals surface area contributed by atoms with Crippen LogP contribution in [-0.4, -0.2) is 0 Å². The summed E-state index contributed by atoms with van der Waals surface area (Å²) in [5.41, 5.74) is 9.37. The summed E-state index contributed by atoms with van der Waals surface area (Å²) in [5.74, 6) is 0. The van der Waals surface area contributed by atoms with Crippen LogP contribution in [-0.2, 0) is 6.42 Å². The summed E-state index contributed by atoms with van der Waals surface area (Å²) in [6, 6.07) is 13.3. The summed E-state index contributed by atoms with van der Waals surface area (Å²) in [4.78, 5) is 0. The van der Waals surface area contributed by atoms with Gasteiger partial charge in [0.05, 0.1) is 0 Å². The van der Waals surface area contributed by atoms with Crippen molar-refractivity contribution in [3.05, 3.63) is 71.5 Å². The normalized spacial score (nSPS) is 12.8. The number of nitrogens with two attached hydrogens (primary N) is 1. The van der Waals surface area contributed by atoms with Crippen molar-refractivity contribution in [3.63, 3.8) is 0 Å². The molecule has 0 saturated heterocycles. The fraction of sp³-hybridized carbons (Fsp3) is 0.158. The summed E-state index contributed by atoms with van der Waals surface area (Å²) >= 11 is 1.87. The van der Waals surface area contributed by atoms with Crippen molar-refractivity contribution in [2.75, 3.05) is 0 Å². The highest BCUT2D eigenvalue weighted by Gasteiger charge is 2.07. The minimum atomic E-state index is 0.947. The van der Waals surface area contributed by atoms with Crippen LogP contribution in [0.15, 0.2) is 60.3 Å². The predicted octanol–water partition coefficient (Wildman–Crippen LogP) is 5.32. The second kappa shape index (κ2) is 5.74. The molecule has 0 bridgehead atoms. The molecule has 21 heavy (non-hydrogen) atoms. The number of allylic oxidation sites excluding steroid dienone is 3. The van der Waals surface area contributed by atoms with Gasteiger partial charge in [0, 0.05) is 20.2 Å².